The zero-order valence-corrected chi connectivity index (χ0v) is 16.1. The molecule has 2 aromatic rings. The van der Waals surface area contributed by atoms with Crippen LogP contribution in [-0.4, -0.2) is 18.4 Å². The highest BCUT2D eigenvalue weighted by Gasteiger charge is 2.33. The van der Waals surface area contributed by atoms with Gasteiger partial charge in [0, 0.05) is 12.5 Å². The Morgan fingerprint density at radius 2 is 1.50 bits per heavy atom. The summed E-state index contributed by atoms with van der Waals surface area (Å²) in [5, 5.41) is 5.61. The Morgan fingerprint density at radius 1 is 0.893 bits per heavy atom. The zero-order valence-electron chi connectivity index (χ0n) is 16.1. The van der Waals surface area contributed by atoms with Gasteiger partial charge in [-0.15, -0.1) is 0 Å². The molecule has 0 spiro atoms. The van der Waals surface area contributed by atoms with Gasteiger partial charge < -0.3 is 10.6 Å². The van der Waals surface area contributed by atoms with Gasteiger partial charge in [-0.25, -0.2) is 0 Å². The molecule has 144 valence electrons. The second-order valence-corrected chi connectivity index (χ2v) is 6.99. The molecule has 2 aromatic carbocycles. The SMILES string of the molecule is CCC1(C(=O)NCC(=O)NCc2ccccc2)C=CC(c2ccccc2)C=C1. The molecule has 4 nitrogen and oxygen atoms in total. The van der Waals surface area contributed by atoms with E-state index in [-0.39, 0.29) is 24.3 Å². The standard InChI is InChI=1S/C24H26N2O2/c1-2-24(15-13-21(14-16-24)20-11-7-4-8-12-20)23(28)26-18-22(27)25-17-19-9-5-3-6-10-19/h3-16,21H,2,17-18H2,1H3,(H,25,27)(H,26,28). The fourth-order valence-electron chi connectivity index (χ4n) is 3.30. The quantitative estimate of drug-likeness (QED) is 0.726. The Balaban J connectivity index is 1.54. The molecule has 0 fully saturated rings. The van der Waals surface area contributed by atoms with Crippen molar-refractivity contribution in [2.45, 2.75) is 25.8 Å². The Bertz CT molecular complexity index is 843. The van der Waals surface area contributed by atoms with Gasteiger partial charge in [-0.2, -0.15) is 0 Å². The summed E-state index contributed by atoms with van der Waals surface area (Å²) >= 11 is 0. The van der Waals surface area contributed by atoms with Crippen LogP contribution in [0.4, 0.5) is 0 Å². The second kappa shape index (κ2) is 9.18. The van der Waals surface area contributed by atoms with Gasteiger partial charge in [0.15, 0.2) is 0 Å². The average molecular weight is 374 g/mol. The van der Waals surface area contributed by atoms with Crippen molar-refractivity contribution in [3.63, 3.8) is 0 Å². The van der Waals surface area contributed by atoms with E-state index < -0.39 is 5.41 Å². The molecule has 0 aliphatic heterocycles. The molecular weight excluding hydrogens is 348 g/mol. The molecule has 2 N–H and O–H groups in total. The first-order chi connectivity index (χ1) is 13.6. The lowest BCUT2D eigenvalue weighted by Gasteiger charge is -2.28. The van der Waals surface area contributed by atoms with Crippen molar-refractivity contribution in [2.24, 2.45) is 5.41 Å². The maximum atomic E-state index is 12.8. The fraction of sp³-hybridized carbons (Fsp3) is 0.250. The van der Waals surface area contributed by atoms with Crippen molar-refractivity contribution in [3.05, 3.63) is 96.1 Å². The minimum atomic E-state index is -0.703. The van der Waals surface area contributed by atoms with Gasteiger partial charge in [-0.05, 0) is 17.5 Å². The van der Waals surface area contributed by atoms with E-state index in [4.69, 9.17) is 0 Å². The molecule has 0 saturated carbocycles. The number of rotatable bonds is 7. The number of carbonyl (C=O) groups is 2. The second-order valence-electron chi connectivity index (χ2n) is 6.99. The monoisotopic (exact) mass is 374 g/mol. The predicted octanol–water partition coefficient (Wildman–Crippen LogP) is 3.73. The maximum absolute atomic E-state index is 12.8. The summed E-state index contributed by atoms with van der Waals surface area (Å²) in [6.45, 7) is 2.40. The Morgan fingerprint density at radius 3 is 2.11 bits per heavy atom. The molecule has 1 aliphatic carbocycles. The van der Waals surface area contributed by atoms with Crippen molar-refractivity contribution in [1.82, 2.24) is 10.6 Å². The van der Waals surface area contributed by atoms with Gasteiger partial charge >= 0.3 is 0 Å². The average Bonchev–Trinajstić information content (AvgIpc) is 2.77. The van der Waals surface area contributed by atoms with E-state index in [1.807, 2.05) is 67.6 Å². The highest BCUT2D eigenvalue weighted by molar-refractivity contribution is 5.90. The summed E-state index contributed by atoms with van der Waals surface area (Å²) < 4.78 is 0. The van der Waals surface area contributed by atoms with Crippen LogP contribution in [0.25, 0.3) is 0 Å². The fourth-order valence-corrected chi connectivity index (χ4v) is 3.30. The van der Waals surface area contributed by atoms with E-state index in [1.54, 1.807) is 0 Å². The summed E-state index contributed by atoms with van der Waals surface area (Å²) in [6, 6.07) is 19.9. The van der Waals surface area contributed by atoms with Gasteiger partial charge in [0.25, 0.3) is 0 Å². The minimum Gasteiger partial charge on any atom is -0.350 e. The van der Waals surface area contributed by atoms with Crippen LogP contribution >= 0.6 is 0 Å². The zero-order chi connectivity index (χ0) is 19.8. The Hall–Kier alpha value is -3.14. The summed E-state index contributed by atoms with van der Waals surface area (Å²) in [7, 11) is 0. The molecule has 0 unspecified atom stereocenters. The molecule has 0 radical (unpaired) electrons. The van der Waals surface area contributed by atoms with Crippen LogP contribution < -0.4 is 10.6 Å². The van der Waals surface area contributed by atoms with Crippen LogP contribution in [0.2, 0.25) is 0 Å². The first kappa shape index (κ1) is 19.6. The summed E-state index contributed by atoms with van der Waals surface area (Å²) in [5.41, 5.74) is 1.52. The molecule has 3 rings (SSSR count). The van der Waals surface area contributed by atoms with Gasteiger partial charge in [0.05, 0.1) is 12.0 Å². The molecule has 0 bridgehead atoms. The highest BCUT2D eigenvalue weighted by Crippen LogP contribution is 2.34. The molecule has 0 aromatic heterocycles. The van der Waals surface area contributed by atoms with Crippen molar-refractivity contribution in [2.75, 3.05) is 6.54 Å². The number of benzene rings is 2. The smallest absolute Gasteiger partial charge is 0.239 e. The molecule has 0 saturated heterocycles. The van der Waals surface area contributed by atoms with E-state index in [1.165, 1.54) is 5.56 Å². The third kappa shape index (κ3) is 4.77. The molecule has 28 heavy (non-hydrogen) atoms. The van der Waals surface area contributed by atoms with Crippen LogP contribution in [0, 0.1) is 5.41 Å². The highest BCUT2D eigenvalue weighted by atomic mass is 16.2. The first-order valence-electron chi connectivity index (χ1n) is 9.65. The molecule has 1 aliphatic rings. The molecular formula is C24H26N2O2. The molecule has 2 amide bonds. The van der Waals surface area contributed by atoms with E-state index in [9.17, 15) is 9.59 Å². The number of hydrogen-bond acceptors (Lipinski definition) is 2. The number of amides is 2. The first-order valence-corrected chi connectivity index (χ1v) is 9.65. The van der Waals surface area contributed by atoms with Gasteiger partial charge in [0.1, 0.15) is 0 Å². The van der Waals surface area contributed by atoms with E-state index in [2.05, 4.69) is 34.9 Å². The molecule has 0 heterocycles. The summed E-state index contributed by atoms with van der Waals surface area (Å²) in [5.74, 6) is -0.180. The lowest BCUT2D eigenvalue weighted by Crippen LogP contribution is -2.43. The van der Waals surface area contributed by atoms with Crippen LogP contribution in [0.15, 0.2) is 85.0 Å². The van der Waals surface area contributed by atoms with Crippen LogP contribution in [-0.2, 0) is 16.1 Å². The molecule has 0 atom stereocenters. The number of carbonyl (C=O) groups excluding carboxylic acids is 2. The minimum absolute atomic E-state index is 0.0305. The van der Waals surface area contributed by atoms with Crippen LogP contribution in [0.1, 0.15) is 30.4 Å². The lowest BCUT2D eigenvalue weighted by atomic mass is 9.77. The number of allylic oxidation sites excluding steroid dienone is 2. The van der Waals surface area contributed by atoms with Crippen LogP contribution in [0.5, 0.6) is 0 Å². The largest absolute Gasteiger partial charge is 0.350 e. The van der Waals surface area contributed by atoms with E-state index in [0.29, 0.717) is 13.0 Å². The normalized spacial score (nSPS) is 20.5. The lowest BCUT2D eigenvalue weighted by molar-refractivity contribution is -0.129. The Labute approximate surface area is 166 Å². The Kier molecular flexibility index (Phi) is 6.43. The number of nitrogens with one attached hydrogen (secondary N) is 2. The third-order valence-corrected chi connectivity index (χ3v) is 5.14. The summed E-state index contributed by atoms with van der Waals surface area (Å²) in [6.07, 6.45) is 8.69. The predicted molar refractivity (Wildman–Crippen MR) is 111 cm³/mol. The summed E-state index contributed by atoms with van der Waals surface area (Å²) in [4.78, 5) is 24.9. The van der Waals surface area contributed by atoms with Gasteiger partial charge in [-0.1, -0.05) is 91.9 Å². The van der Waals surface area contributed by atoms with Crippen LogP contribution in [0.3, 0.4) is 0 Å². The maximum Gasteiger partial charge on any atom is 0.239 e. The topological polar surface area (TPSA) is 58.2 Å². The van der Waals surface area contributed by atoms with Crippen molar-refractivity contribution < 1.29 is 9.59 Å². The molecule has 4 heteroatoms. The van der Waals surface area contributed by atoms with Gasteiger partial charge in [0.2, 0.25) is 11.8 Å². The van der Waals surface area contributed by atoms with E-state index in [0.717, 1.165) is 5.56 Å². The van der Waals surface area contributed by atoms with Crippen molar-refractivity contribution in [1.29, 1.82) is 0 Å². The van der Waals surface area contributed by atoms with E-state index >= 15 is 0 Å². The third-order valence-electron chi connectivity index (χ3n) is 5.14. The van der Waals surface area contributed by atoms with Gasteiger partial charge in [-0.3, -0.25) is 9.59 Å². The van der Waals surface area contributed by atoms with Crippen molar-refractivity contribution in [3.8, 4) is 0 Å². The van der Waals surface area contributed by atoms with Crippen molar-refractivity contribution >= 4 is 11.8 Å². The number of hydrogen-bond donors (Lipinski definition) is 2.